The normalized spacial score (nSPS) is 19.1. The summed E-state index contributed by atoms with van der Waals surface area (Å²) in [5.41, 5.74) is 1.28. The molecular weight excluding hydrogens is 360 g/mol. The molecule has 8 nitrogen and oxygen atoms in total. The smallest absolute Gasteiger partial charge is 0.387 e. The summed E-state index contributed by atoms with van der Waals surface area (Å²) in [4.78, 5) is 4.12. The van der Waals surface area contributed by atoms with Crippen LogP contribution in [0.1, 0.15) is 12.8 Å². The van der Waals surface area contributed by atoms with Crippen LogP contribution < -0.4 is 14.8 Å². The fourth-order valence-corrected chi connectivity index (χ4v) is 3.03. The van der Waals surface area contributed by atoms with Crippen molar-refractivity contribution in [2.75, 3.05) is 12.4 Å². The summed E-state index contributed by atoms with van der Waals surface area (Å²) in [6.07, 6.45) is 4.08. The van der Waals surface area contributed by atoms with Gasteiger partial charge in [-0.05, 0) is 25.0 Å². The maximum absolute atomic E-state index is 12.8. The number of aliphatic hydroxyl groups excluding tert-OH is 1. The number of halogens is 2. The Morgan fingerprint density at radius 1 is 1.30 bits per heavy atom. The number of hydrogen-bond donors (Lipinski definition) is 2. The molecule has 0 aliphatic heterocycles. The Morgan fingerprint density at radius 3 is 2.81 bits per heavy atom. The van der Waals surface area contributed by atoms with Crippen LogP contribution in [0.4, 0.5) is 14.7 Å². The number of anilines is 1. The lowest BCUT2D eigenvalue weighted by Crippen LogP contribution is -2.39. The van der Waals surface area contributed by atoms with Crippen LogP contribution in [-0.4, -0.2) is 50.6 Å². The Morgan fingerprint density at radius 2 is 2.11 bits per heavy atom. The number of nitrogens with zero attached hydrogens (tertiary/aromatic N) is 4. The van der Waals surface area contributed by atoms with Crippen LogP contribution in [-0.2, 0) is 0 Å². The van der Waals surface area contributed by atoms with Gasteiger partial charge in [0.25, 0.3) is 0 Å². The predicted octanol–water partition coefficient (Wildman–Crippen LogP) is 2.34. The molecule has 142 valence electrons. The van der Waals surface area contributed by atoms with Gasteiger partial charge in [-0.15, -0.1) is 10.2 Å². The maximum atomic E-state index is 12.8. The highest BCUT2D eigenvalue weighted by atomic mass is 19.3. The van der Waals surface area contributed by atoms with E-state index in [1.165, 1.54) is 13.2 Å². The minimum Gasteiger partial charge on any atom is -0.497 e. The van der Waals surface area contributed by atoms with E-state index in [0.717, 1.165) is 0 Å². The topological polar surface area (TPSA) is 93.8 Å². The van der Waals surface area contributed by atoms with Crippen LogP contribution in [0, 0.1) is 0 Å². The number of aliphatic hydroxyl groups is 1. The van der Waals surface area contributed by atoms with E-state index in [2.05, 4.69) is 25.2 Å². The van der Waals surface area contributed by atoms with Gasteiger partial charge in [0.05, 0.1) is 24.9 Å². The van der Waals surface area contributed by atoms with Gasteiger partial charge in [-0.25, -0.2) is 4.98 Å². The molecule has 2 N–H and O–H groups in total. The summed E-state index contributed by atoms with van der Waals surface area (Å²) in [7, 11) is 1.44. The average molecular weight is 377 g/mol. The molecule has 0 amide bonds. The Hall–Kier alpha value is -3.01. The number of methoxy groups -OCH3 is 1. The van der Waals surface area contributed by atoms with Gasteiger partial charge in [-0.2, -0.15) is 8.78 Å². The van der Waals surface area contributed by atoms with Crippen molar-refractivity contribution in [3.63, 3.8) is 0 Å². The van der Waals surface area contributed by atoms with Crippen molar-refractivity contribution >= 4 is 11.5 Å². The molecule has 0 radical (unpaired) electrons. The van der Waals surface area contributed by atoms with E-state index in [1.54, 1.807) is 29.1 Å². The molecule has 0 saturated heterocycles. The molecule has 1 fully saturated rings. The van der Waals surface area contributed by atoms with E-state index < -0.39 is 6.61 Å². The molecule has 0 bridgehead atoms. The van der Waals surface area contributed by atoms with E-state index in [-0.39, 0.29) is 17.9 Å². The predicted molar refractivity (Wildman–Crippen MR) is 92.1 cm³/mol. The molecule has 0 spiro atoms. The van der Waals surface area contributed by atoms with Gasteiger partial charge in [0.2, 0.25) is 5.95 Å². The fourth-order valence-electron chi connectivity index (χ4n) is 3.03. The van der Waals surface area contributed by atoms with Crippen LogP contribution in [0.5, 0.6) is 11.5 Å². The molecule has 4 rings (SSSR count). The molecule has 2 aromatic heterocycles. The lowest BCUT2D eigenvalue weighted by atomic mass is 9.90. The van der Waals surface area contributed by atoms with Crippen molar-refractivity contribution < 1.29 is 23.4 Å². The zero-order valence-electron chi connectivity index (χ0n) is 14.3. The standard InChI is InChI=1S/C17H17F2N5O3/c1-26-11-2-3-12(14(6-11)27-16(18)19)15-13-7-20-8-24(13)17(23-22-15)21-9-4-10(25)5-9/h2-3,6-10,16,25H,4-5H2,1H3,(H,21,23). The van der Waals surface area contributed by atoms with E-state index in [0.29, 0.717) is 41.3 Å². The Bertz CT molecular complexity index is 959. The van der Waals surface area contributed by atoms with E-state index >= 15 is 0 Å². The fraction of sp³-hybridized carbons (Fsp3) is 0.353. The van der Waals surface area contributed by atoms with Crippen molar-refractivity contribution in [3.8, 4) is 22.8 Å². The zero-order valence-corrected chi connectivity index (χ0v) is 14.3. The molecule has 0 atom stereocenters. The second kappa shape index (κ2) is 6.95. The third kappa shape index (κ3) is 3.35. The quantitative estimate of drug-likeness (QED) is 0.681. The van der Waals surface area contributed by atoms with Crippen LogP contribution in [0.2, 0.25) is 0 Å². The van der Waals surface area contributed by atoms with Gasteiger partial charge < -0.3 is 19.9 Å². The second-order valence-corrected chi connectivity index (χ2v) is 6.23. The van der Waals surface area contributed by atoms with Crippen molar-refractivity contribution in [2.24, 2.45) is 0 Å². The van der Waals surface area contributed by atoms with Crippen molar-refractivity contribution in [1.29, 1.82) is 0 Å². The maximum Gasteiger partial charge on any atom is 0.387 e. The number of alkyl halides is 2. The van der Waals surface area contributed by atoms with Gasteiger partial charge in [0, 0.05) is 17.7 Å². The second-order valence-electron chi connectivity index (χ2n) is 6.23. The van der Waals surface area contributed by atoms with Crippen LogP contribution >= 0.6 is 0 Å². The zero-order chi connectivity index (χ0) is 19.0. The van der Waals surface area contributed by atoms with Crippen molar-refractivity contribution in [1.82, 2.24) is 19.6 Å². The van der Waals surface area contributed by atoms with Gasteiger partial charge in [-0.3, -0.25) is 4.40 Å². The molecule has 1 aliphatic carbocycles. The minimum atomic E-state index is -2.99. The third-order valence-electron chi connectivity index (χ3n) is 4.46. The summed E-state index contributed by atoms with van der Waals surface area (Å²) in [6.45, 7) is -2.99. The number of benzene rings is 1. The SMILES string of the molecule is COc1ccc(-c2nnc(NC3CC(O)C3)n3cncc23)c(OC(F)F)c1. The summed E-state index contributed by atoms with van der Waals surface area (Å²) in [5, 5.41) is 21.0. The van der Waals surface area contributed by atoms with Gasteiger partial charge >= 0.3 is 6.61 Å². The number of hydrogen-bond acceptors (Lipinski definition) is 7. The van der Waals surface area contributed by atoms with Crippen molar-refractivity contribution in [3.05, 3.63) is 30.7 Å². The van der Waals surface area contributed by atoms with Crippen LogP contribution in [0.3, 0.4) is 0 Å². The highest BCUT2D eigenvalue weighted by Crippen LogP contribution is 2.36. The summed E-state index contributed by atoms with van der Waals surface area (Å²) >= 11 is 0. The molecule has 2 heterocycles. The van der Waals surface area contributed by atoms with Crippen LogP contribution in [0.15, 0.2) is 30.7 Å². The number of rotatable bonds is 6. The van der Waals surface area contributed by atoms with Gasteiger partial charge in [0.1, 0.15) is 23.5 Å². The molecule has 27 heavy (non-hydrogen) atoms. The number of fused-ring (bicyclic) bond motifs is 1. The number of imidazole rings is 1. The highest BCUT2D eigenvalue weighted by Gasteiger charge is 2.28. The first-order valence-electron chi connectivity index (χ1n) is 8.31. The first kappa shape index (κ1) is 17.4. The van der Waals surface area contributed by atoms with E-state index in [1.807, 2.05) is 0 Å². The monoisotopic (exact) mass is 377 g/mol. The Balaban J connectivity index is 1.75. The number of aromatic nitrogens is 4. The number of nitrogens with one attached hydrogen (secondary N) is 1. The lowest BCUT2D eigenvalue weighted by Gasteiger charge is -2.32. The summed E-state index contributed by atoms with van der Waals surface area (Å²) < 4.78 is 37.1. The first-order valence-corrected chi connectivity index (χ1v) is 8.31. The third-order valence-corrected chi connectivity index (χ3v) is 4.46. The average Bonchev–Trinajstić information content (AvgIpc) is 3.10. The molecule has 1 saturated carbocycles. The van der Waals surface area contributed by atoms with Crippen LogP contribution in [0.25, 0.3) is 16.8 Å². The Labute approximate surface area is 152 Å². The summed E-state index contributed by atoms with van der Waals surface area (Å²) in [6, 6.07) is 4.69. The molecule has 3 aromatic rings. The van der Waals surface area contributed by atoms with Gasteiger partial charge in [0.15, 0.2) is 0 Å². The molecule has 10 heteroatoms. The molecule has 0 unspecified atom stereocenters. The highest BCUT2D eigenvalue weighted by molar-refractivity contribution is 5.81. The Kier molecular flexibility index (Phi) is 4.48. The molecule has 1 aromatic carbocycles. The first-order chi connectivity index (χ1) is 13.0. The van der Waals surface area contributed by atoms with E-state index in [9.17, 15) is 13.9 Å². The van der Waals surface area contributed by atoms with Crippen molar-refractivity contribution in [2.45, 2.75) is 31.6 Å². The largest absolute Gasteiger partial charge is 0.497 e. The van der Waals surface area contributed by atoms with Gasteiger partial charge in [-0.1, -0.05) is 0 Å². The minimum absolute atomic E-state index is 0.0652. The molecule has 1 aliphatic rings. The lowest BCUT2D eigenvalue weighted by molar-refractivity contribution is -0.0495. The molecular formula is C17H17F2N5O3. The number of ether oxygens (including phenoxy) is 2. The van der Waals surface area contributed by atoms with E-state index in [4.69, 9.17) is 4.74 Å². The summed E-state index contributed by atoms with van der Waals surface area (Å²) in [5.74, 6) is 0.784.